The molecule has 1 heteroatoms. The number of benzene rings is 1. The Balaban J connectivity index is 3.02. The fraction of sp³-hybridized carbons (Fsp3) is 0.462. The molecule has 1 aromatic carbocycles. The molecule has 0 unspecified atom stereocenters. The molecule has 1 nitrogen and oxygen atoms in total. The van der Waals surface area contributed by atoms with Gasteiger partial charge in [-0.2, -0.15) is 0 Å². The van der Waals surface area contributed by atoms with Gasteiger partial charge in [-0.05, 0) is 37.5 Å². The zero-order chi connectivity index (χ0) is 10.7. The van der Waals surface area contributed by atoms with Gasteiger partial charge in [0.25, 0.3) is 0 Å². The molecule has 0 spiro atoms. The van der Waals surface area contributed by atoms with Crippen molar-refractivity contribution >= 4 is 5.78 Å². The van der Waals surface area contributed by atoms with Crippen molar-refractivity contribution in [2.75, 3.05) is 0 Å². The van der Waals surface area contributed by atoms with E-state index >= 15 is 0 Å². The van der Waals surface area contributed by atoms with Crippen molar-refractivity contribution in [2.45, 2.75) is 40.5 Å². The van der Waals surface area contributed by atoms with Gasteiger partial charge < -0.3 is 0 Å². The van der Waals surface area contributed by atoms with Crippen LogP contribution in [0.4, 0.5) is 0 Å². The molecule has 1 aromatic rings. The van der Waals surface area contributed by atoms with Crippen LogP contribution in [0.15, 0.2) is 12.1 Å². The Morgan fingerprint density at radius 3 is 2.07 bits per heavy atom. The first-order chi connectivity index (χ1) is 6.54. The van der Waals surface area contributed by atoms with E-state index < -0.39 is 0 Å². The number of hydrogen-bond acceptors (Lipinski definition) is 1. The van der Waals surface area contributed by atoms with E-state index in [9.17, 15) is 4.79 Å². The summed E-state index contributed by atoms with van der Waals surface area (Å²) in [5.41, 5.74) is 4.96. The molecule has 0 saturated carbocycles. The molecule has 0 aliphatic heterocycles. The van der Waals surface area contributed by atoms with Crippen molar-refractivity contribution in [1.82, 2.24) is 0 Å². The third-order valence-electron chi connectivity index (χ3n) is 2.61. The zero-order valence-corrected chi connectivity index (χ0v) is 9.48. The SMILES string of the molecule is CCC(=O)Cc1c(C)cc(C)cc1C. The molecule has 0 aromatic heterocycles. The summed E-state index contributed by atoms with van der Waals surface area (Å²) in [6, 6.07) is 4.29. The molecule has 76 valence electrons. The van der Waals surface area contributed by atoms with Crippen molar-refractivity contribution < 1.29 is 4.79 Å². The Kier molecular flexibility index (Phi) is 3.45. The molecule has 0 amide bonds. The number of hydrogen-bond donors (Lipinski definition) is 0. The monoisotopic (exact) mass is 190 g/mol. The standard InChI is InChI=1S/C13H18O/c1-5-12(14)8-13-10(3)6-9(2)7-11(13)4/h6-7H,5,8H2,1-4H3. The predicted octanol–water partition coefficient (Wildman–Crippen LogP) is 3.13. The van der Waals surface area contributed by atoms with E-state index in [0.717, 1.165) is 0 Å². The van der Waals surface area contributed by atoms with Gasteiger partial charge in [-0.3, -0.25) is 4.79 Å². The summed E-state index contributed by atoms with van der Waals surface area (Å²) >= 11 is 0. The number of carbonyl (C=O) groups excluding carboxylic acids is 1. The number of aryl methyl sites for hydroxylation is 3. The lowest BCUT2D eigenvalue weighted by atomic mass is 9.95. The molecule has 0 aliphatic rings. The number of carbonyl (C=O) groups is 1. The lowest BCUT2D eigenvalue weighted by Gasteiger charge is -2.09. The van der Waals surface area contributed by atoms with Crippen molar-refractivity contribution in [3.05, 3.63) is 34.4 Å². The Labute approximate surface area is 86.1 Å². The van der Waals surface area contributed by atoms with Gasteiger partial charge in [-0.25, -0.2) is 0 Å². The quantitative estimate of drug-likeness (QED) is 0.715. The second-order valence-electron chi connectivity index (χ2n) is 3.95. The van der Waals surface area contributed by atoms with Gasteiger partial charge in [-0.1, -0.05) is 24.6 Å². The third kappa shape index (κ3) is 2.44. The Bertz CT molecular complexity index is 327. The van der Waals surface area contributed by atoms with Gasteiger partial charge in [0.2, 0.25) is 0 Å². The van der Waals surface area contributed by atoms with Crippen molar-refractivity contribution in [1.29, 1.82) is 0 Å². The van der Waals surface area contributed by atoms with Gasteiger partial charge in [0, 0.05) is 12.8 Å². The molecule has 0 heterocycles. The van der Waals surface area contributed by atoms with E-state index in [1.54, 1.807) is 0 Å². The zero-order valence-electron chi connectivity index (χ0n) is 9.48. The molecule has 1 rings (SSSR count). The van der Waals surface area contributed by atoms with Crippen LogP contribution < -0.4 is 0 Å². The molecule has 0 fully saturated rings. The van der Waals surface area contributed by atoms with Crippen LogP contribution in [-0.2, 0) is 11.2 Å². The predicted molar refractivity (Wildman–Crippen MR) is 59.7 cm³/mol. The molecule has 0 atom stereocenters. The first-order valence-electron chi connectivity index (χ1n) is 5.13. The highest BCUT2D eigenvalue weighted by Crippen LogP contribution is 2.17. The summed E-state index contributed by atoms with van der Waals surface area (Å²) in [6.45, 7) is 8.17. The van der Waals surface area contributed by atoms with Gasteiger partial charge in [0.1, 0.15) is 5.78 Å². The summed E-state index contributed by atoms with van der Waals surface area (Å²) < 4.78 is 0. The van der Waals surface area contributed by atoms with Crippen LogP contribution in [-0.4, -0.2) is 5.78 Å². The first kappa shape index (κ1) is 11.0. The van der Waals surface area contributed by atoms with Crippen molar-refractivity contribution in [3.63, 3.8) is 0 Å². The summed E-state index contributed by atoms with van der Waals surface area (Å²) in [5.74, 6) is 0.319. The molecular weight excluding hydrogens is 172 g/mol. The van der Waals surface area contributed by atoms with Crippen LogP contribution in [0.25, 0.3) is 0 Å². The normalized spacial score (nSPS) is 10.3. The van der Waals surface area contributed by atoms with E-state index in [4.69, 9.17) is 0 Å². The second kappa shape index (κ2) is 4.41. The Hall–Kier alpha value is -1.11. The van der Waals surface area contributed by atoms with Crippen molar-refractivity contribution in [2.24, 2.45) is 0 Å². The molecular formula is C13H18O. The number of ketones is 1. The minimum atomic E-state index is 0.319. The summed E-state index contributed by atoms with van der Waals surface area (Å²) in [6.07, 6.45) is 1.22. The maximum Gasteiger partial charge on any atom is 0.137 e. The highest BCUT2D eigenvalue weighted by molar-refractivity contribution is 5.81. The lowest BCUT2D eigenvalue weighted by Crippen LogP contribution is -2.04. The van der Waals surface area contributed by atoms with E-state index in [0.29, 0.717) is 18.6 Å². The third-order valence-corrected chi connectivity index (χ3v) is 2.61. The molecule has 0 radical (unpaired) electrons. The highest BCUT2D eigenvalue weighted by Gasteiger charge is 2.07. The largest absolute Gasteiger partial charge is 0.299 e. The van der Waals surface area contributed by atoms with Gasteiger partial charge >= 0.3 is 0 Å². The fourth-order valence-corrected chi connectivity index (χ4v) is 1.81. The average molecular weight is 190 g/mol. The van der Waals surface area contributed by atoms with E-state index in [2.05, 4.69) is 32.9 Å². The number of Topliss-reactive ketones (excluding diaryl/α,β-unsaturated/α-hetero) is 1. The van der Waals surface area contributed by atoms with Crippen molar-refractivity contribution in [3.8, 4) is 0 Å². The summed E-state index contributed by atoms with van der Waals surface area (Å²) in [5, 5.41) is 0. The fourth-order valence-electron chi connectivity index (χ4n) is 1.81. The first-order valence-corrected chi connectivity index (χ1v) is 5.13. The summed E-state index contributed by atoms with van der Waals surface area (Å²) in [7, 11) is 0. The molecule has 0 aliphatic carbocycles. The van der Waals surface area contributed by atoms with E-state index in [1.165, 1.54) is 22.3 Å². The van der Waals surface area contributed by atoms with Gasteiger partial charge in [0.15, 0.2) is 0 Å². The molecule has 14 heavy (non-hydrogen) atoms. The Morgan fingerprint density at radius 2 is 1.64 bits per heavy atom. The smallest absolute Gasteiger partial charge is 0.137 e. The van der Waals surface area contributed by atoms with E-state index in [-0.39, 0.29) is 0 Å². The van der Waals surface area contributed by atoms with Crippen LogP contribution in [0.3, 0.4) is 0 Å². The average Bonchev–Trinajstić information content (AvgIpc) is 2.10. The highest BCUT2D eigenvalue weighted by atomic mass is 16.1. The van der Waals surface area contributed by atoms with Crippen LogP contribution >= 0.6 is 0 Å². The van der Waals surface area contributed by atoms with E-state index in [1.807, 2.05) is 6.92 Å². The minimum Gasteiger partial charge on any atom is -0.299 e. The number of rotatable bonds is 3. The maximum atomic E-state index is 11.4. The topological polar surface area (TPSA) is 17.1 Å². The summed E-state index contributed by atoms with van der Waals surface area (Å²) in [4.78, 5) is 11.4. The van der Waals surface area contributed by atoms with Crippen LogP contribution in [0.1, 0.15) is 35.6 Å². The maximum absolute atomic E-state index is 11.4. The minimum absolute atomic E-state index is 0.319. The van der Waals surface area contributed by atoms with Gasteiger partial charge in [0.05, 0.1) is 0 Å². The van der Waals surface area contributed by atoms with Crippen LogP contribution in [0.5, 0.6) is 0 Å². The second-order valence-corrected chi connectivity index (χ2v) is 3.95. The molecule has 0 bridgehead atoms. The Morgan fingerprint density at radius 1 is 1.14 bits per heavy atom. The molecule has 0 N–H and O–H groups in total. The van der Waals surface area contributed by atoms with Gasteiger partial charge in [-0.15, -0.1) is 0 Å². The van der Waals surface area contributed by atoms with Crippen LogP contribution in [0.2, 0.25) is 0 Å². The lowest BCUT2D eigenvalue weighted by molar-refractivity contribution is -0.118. The van der Waals surface area contributed by atoms with Crippen LogP contribution in [0, 0.1) is 20.8 Å². The molecule has 0 saturated heterocycles.